The number of nitro groups is 1. The minimum absolute atomic E-state index is 0.00540. The monoisotopic (exact) mass is 389 g/mol. The van der Waals surface area contributed by atoms with Crippen molar-refractivity contribution in [3.05, 3.63) is 39.7 Å². The van der Waals surface area contributed by atoms with Crippen LogP contribution < -0.4 is 11.1 Å². The summed E-state index contributed by atoms with van der Waals surface area (Å²) >= 11 is 0. The van der Waals surface area contributed by atoms with Gasteiger partial charge >= 0.3 is 5.69 Å². The summed E-state index contributed by atoms with van der Waals surface area (Å²) in [5.74, 6) is -0.0182. The molecule has 0 radical (unpaired) electrons. The molecular formula is C20H24FN3O4. The molecule has 4 aliphatic carbocycles. The number of carbonyl (C=O) groups excluding carboxylic acids is 2. The fraction of sp³-hybridized carbons (Fsp3) is 0.600. The Morgan fingerprint density at radius 1 is 1.21 bits per heavy atom. The number of nitrogens with one attached hydrogen (secondary N) is 1. The van der Waals surface area contributed by atoms with Crippen LogP contribution in [0.3, 0.4) is 0 Å². The smallest absolute Gasteiger partial charge is 0.305 e. The molecule has 0 aliphatic heterocycles. The molecule has 5 rings (SSSR count). The van der Waals surface area contributed by atoms with Crippen molar-refractivity contribution in [3.8, 4) is 0 Å². The molecule has 0 aromatic heterocycles. The number of carbonyl (C=O) groups is 2. The van der Waals surface area contributed by atoms with E-state index in [-0.39, 0.29) is 12.3 Å². The highest BCUT2D eigenvalue weighted by atomic mass is 19.1. The summed E-state index contributed by atoms with van der Waals surface area (Å²) in [5.41, 5.74) is 4.79. The molecule has 0 heterocycles. The Kier molecular flexibility index (Phi) is 4.59. The van der Waals surface area contributed by atoms with E-state index in [0.717, 1.165) is 31.4 Å². The molecule has 4 fully saturated rings. The van der Waals surface area contributed by atoms with Crippen molar-refractivity contribution in [2.45, 2.75) is 51.0 Å². The maximum Gasteiger partial charge on any atom is 0.305 e. The lowest BCUT2D eigenvalue weighted by Gasteiger charge is -2.55. The normalized spacial score (nSPS) is 31.4. The fourth-order valence-corrected chi connectivity index (χ4v) is 5.98. The van der Waals surface area contributed by atoms with Crippen LogP contribution in [0.25, 0.3) is 0 Å². The molecule has 1 atom stereocenters. The maximum atomic E-state index is 13.5. The molecule has 0 unspecified atom stereocenters. The van der Waals surface area contributed by atoms with Crippen molar-refractivity contribution >= 4 is 17.5 Å². The molecule has 8 heteroatoms. The van der Waals surface area contributed by atoms with Crippen LogP contribution in [0.2, 0.25) is 0 Å². The molecule has 1 aromatic carbocycles. The van der Waals surface area contributed by atoms with Crippen molar-refractivity contribution in [1.82, 2.24) is 5.32 Å². The number of nitrogens with two attached hydrogens (primary N) is 1. The minimum Gasteiger partial charge on any atom is -0.368 e. The zero-order valence-electron chi connectivity index (χ0n) is 15.5. The molecule has 3 N–H and O–H groups in total. The highest BCUT2D eigenvalue weighted by Gasteiger charge is 2.54. The van der Waals surface area contributed by atoms with Gasteiger partial charge in [-0.2, -0.15) is 4.39 Å². The topological polar surface area (TPSA) is 115 Å². The summed E-state index contributed by atoms with van der Waals surface area (Å²) in [6.45, 7) is 0. The van der Waals surface area contributed by atoms with Gasteiger partial charge in [0.05, 0.1) is 4.92 Å². The first-order chi connectivity index (χ1) is 13.3. The van der Waals surface area contributed by atoms with Gasteiger partial charge in [-0.3, -0.25) is 19.7 Å². The van der Waals surface area contributed by atoms with E-state index in [9.17, 15) is 24.1 Å². The second kappa shape index (κ2) is 6.83. The lowest BCUT2D eigenvalue weighted by molar-refractivity contribution is -0.387. The van der Waals surface area contributed by atoms with Gasteiger partial charge in [-0.1, -0.05) is 6.07 Å². The Hall–Kier alpha value is -2.51. The Balaban J connectivity index is 1.50. The summed E-state index contributed by atoms with van der Waals surface area (Å²) < 4.78 is 13.5. The van der Waals surface area contributed by atoms with Crippen molar-refractivity contribution < 1.29 is 18.9 Å². The molecule has 150 valence electrons. The van der Waals surface area contributed by atoms with E-state index in [1.807, 2.05) is 0 Å². The van der Waals surface area contributed by atoms with Crippen LogP contribution in [-0.4, -0.2) is 22.8 Å². The van der Waals surface area contributed by atoms with Gasteiger partial charge in [0, 0.05) is 17.9 Å². The Bertz CT molecular complexity index is 805. The Morgan fingerprint density at radius 3 is 2.29 bits per heavy atom. The van der Waals surface area contributed by atoms with E-state index in [2.05, 4.69) is 5.32 Å². The van der Waals surface area contributed by atoms with E-state index in [0.29, 0.717) is 23.3 Å². The summed E-state index contributed by atoms with van der Waals surface area (Å²) in [6, 6.07) is 2.47. The van der Waals surface area contributed by atoms with Gasteiger partial charge in [-0.05, 0) is 67.9 Å². The molecule has 0 spiro atoms. The first-order valence-electron chi connectivity index (χ1n) is 9.79. The van der Waals surface area contributed by atoms with Gasteiger partial charge in [-0.15, -0.1) is 0 Å². The quantitative estimate of drug-likeness (QED) is 0.574. The number of primary amides is 1. The van der Waals surface area contributed by atoms with Crippen molar-refractivity contribution in [2.75, 3.05) is 0 Å². The van der Waals surface area contributed by atoms with Crippen molar-refractivity contribution in [1.29, 1.82) is 0 Å². The van der Waals surface area contributed by atoms with E-state index >= 15 is 0 Å². The number of nitro benzene ring substituents is 1. The minimum atomic E-state index is -0.981. The number of hydrogen-bond donors (Lipinski definition) is 2. The van der Waals surface area contributed by atoms with Crippen LogP contribution in [0.15, 0.2) is 18.2 Å². The maximum absolute atomic E-state index is 13.5. The second-order valence-electron chi connectivity index (χ2n) is 8.87. The highest BCUT2D eigenvalue weighted by Crippen LogP contribution is 2.60. The molecule has 4 saturated carbocycles. The Morgan fingerprint density at radius 2 is 1.79 bits per heavy atom. The van der Waals surface area contributed by atoms with E-state index in [4.69, 9.17) is 5.73 Å². The Labute approximate surface area is 162 Å². The van der Waals surface area contributed by atoms with Crippen molar-refractivity contribution in [2.24, 2.45) is 28.9 Å². The van der Waals surface area contributed by atoms with Gasteiger partial charge in [0.25, 0.3) is 0 Å². The van der Waals surface area contributed by atoms with Crippen LogP contribution in [0.1, 0.15) is 44.1 Å². The molecule has 0 saturated heterocycles. The molecule has 4 aliphatic rings. The highest BCUT2D eigenvalue weighted by molar-refractivity contribution is 5.90. The van der Waals surface area contributed by atoms with Crippen molar-refractivity contribution in [3.63, 3.8) is 0 Å². The third-order valence-electron chi connectivity index (χ3n) is 6.82. The zero-order chi connectivity index (χ0) is 20.1. The van der Waals surface area contributed by atoms with Crippen LogP contribution in [-0.2, 0) is 16.0 Å². The lowest BCUT2D eigenvalue weighted by atomic mass is 9.49. The predicted octanol–water partition coefficient (Wildman–Crippen LogP) is 2.46. The number of hydrogen-bond acceptors (Lipinski definition) is 4. The van der Waals surface area contributed by atoms with Crippen LogP contribution >= 0.6 is 0 Å². The number of nitrogens with zero attached hydrogens (tertiary/aromatic N) is 1. The average Bonchev–Trinajstić information content (AvgIpc) is 2.61. The van der Waals surface area contributed by atoms with Crippen LogP contribution in [0.4, 0.5) is 10.1 Å². The number of amides is 2. The molecule has 1 aromatic rings. The fourth-order valence-electron chi connectivity index (χ4n) is 5.98. The summed E-state index contributed by atoms with van der Waals surface area (Å²) in [5, 5.41) is 13.7. The SMILES string of the molecule is NC(=O)[C@@H](Cc1ccc(F)c([N+](=O)[O-])c1)NC(=O)C12CC3CC(CC(C3)C1)C2. The third-order valence-corrected chi connectivity index (χ3v) is 6.82. The van der Waals surface area contributed by atoms with Gasteiger partial charge in [0.1, 0.15) is 6.04 Å². The molecule has 2 amide bonds. The second-order valence-corrected chi connectivity index (χ2v) is 8.87. The third kappa shape index (κ3) is 3.36. The first kappa shape index (κ1) is 18.8. The summed E-state index contributed by atoms with van der Waals surface area (Å²) in [6.07, 6.45) is 6.17. The first-order valence-corrected chi connectivity index (χ1v) is 9.79. The van der Waals surface area contributed by atoms with E-state index in [1.54, 1.807) is 0 Å². The van der Waals surface area contributed by atoms with Crippen LogP contribution in [0, 0.1) is 39.1 Å². The van der Waals surface area contributed by atoms with Gasteiger partial charge < -0.3 is 11.1 Å². The van der Waals surface area contributed by atoms with Gasteiger partial charge in [0.15, 0.2) is 0 Å². The van der Waals surface area contributed by atoms with Gasteiger partial charge in [0.2, 0.25) is 17.6 Å². The number of halogens is 1. The number of benzene rings is 1. The van der Waals surface area contributed by atoms with Crippen LogP contribution in [0.5, 0.6) is 0 Å². The average molecular weight is 389 g/mol. The zero-order valence-corrected chi connectivity index (χ0v) is 15.5. The van der Waals surface area contributed by atoms with Gasteiger partial charge in [-0.25, -0.2) is 0 Å². The summed E-state index contributed by atoms with van der Waals surface area (Å²) in [4.78, 5) is 35.2. The largest absolute Gasteiger partial charge is 0.368 e. The number of rotatable bonds is 6. The summed E-state index contributed by atoms with van der Waals surface area (Å²) in [7, 11) is 0. The molecular weight excluding hydrogens is 365 g/mol. The molecule has 28 heavy (non-hydrogen) atoms. The standard InChI is InChI=1S/C20H24FN3O4/c21-15-2-1-11(7-17(15)24(27)28)6-16(18(22)25)23-19(26)20-8-12-3-13(9-20)5-14(4-12)10-20/h1-2,7,12-14,16H,3-6,8-10H2,(H2,22,25)(H,23,26)/t12?,13?,14?,16-,20?/m1/s1. The van der Waals surface area contributed by atoms with E-state index in [1.165, 1.54) is 25.3 Å². The lowest BCUT2D eigenvalue weighted by Crippen LogP contribution is -2.57. The van der Waals surface area contributed by atoms with E-state index < -0.39 is 33.8 Å². The molecule has 4 bridgehead atoms. The molecule has 7 nitrogen and oxygen atoms in total. The predicted molar refractivity (Wildman–Crippen MR) is 98.5 cm³/mol.